The molecule has 9 nitrogen and oxygen atoms in total. The summed E-state index contributed by atoms with van der Waals surface area (Å²) in [6.45, 7) is 1.46. The van der Waals surface area contributed by atoms with Gasteiger partial charge in [0.1, 0.15) is 16.7 Å². The van der Waals surface area contributed by atoms with Crippen LogP contribution in [0.5, 0.6) is 5.88 Å². The van der Waals surface area contributed by atoms with E-state index in [2.05, 4.69) is 15.0 Å². The molecule has 2 aromatic rings. The Kier molecular flexibility index (Phi) is 7.63. The van der Waals surface area contributed by atoms with Crippen molar-refractivity contribution in [1.29, 1.82) is 0 Å². The first-order valence-electron chi connectivity index (χ1n) is 9.62. The van der Waals surface area contributed by atoms with Gasteiger partial charge in [-0.25, -0.2) is 37.1 Å². The molecule has 0 spiro atoms. The number of nitrogens with zero attached hydrogens (tertiary/aromatic N) is 4. The van der Waals surface area contributed by atoms with Crippen LogP contribution in [0.25, 0.3) is 11.9 Å². The SMILES string of the molecule is CCOC(=O)COc1cnc(/C(F)=C/c2cc(F)c(F)c(C3CS(=O)N(C)C(N)=N3)c2)cn1. The van der Waals surface area contributed by atoms with Crippen molar-refractivity contribution in [2.24, 2.45) is 10.7 Å². The van der Waals surface area contributed by atoms with E-state index in [-0.39, 0.29) is 47.6 Å². The van der Waals surface area contributed by atoms with Gasteiger partial charge in [0.25, 0.3) is 0 Å². The zero-order valence-electron chi connectivity index (χ0n) is 17.6. The number of benzene rings is 1. The molecule has 2 heterocycles. The fourth-order valence-corrected chi connectivity index (χ4v) is 3.82. The van der Waals surface area contributed by atoms with Crippen LogP contribution in [0.4, 0.5) is 13.2 Å². The lowest BCUT2D eigenvalue weighted by Gasteiger charge is -2.26. The topological polar surface area (TPSA) is 120 Å². The largest absolute Gasteiger partial charge is 0.465 e. The molecule has 0 saturated heterocycles. The molecule has 13 heteroatoms. The number of guanidine groups is 1. The fourth-order valence-electron chi connectivity index (χ4n) is 2.82. The van der Waals surface area contributed by atoms with E-state index < -0.39 is 40.5 Å². The van der Waals surface area contributed by atoms with Crippen LogP contribution < -0.4 is 10.5 Å². The molecule has 2 N–H and O–H groups in total. The minimum Gasteiger partial charge on any atom is -0.465 e. The van der Waals surface area contributed by atoms with Gasteiger partial charge >= 0.3 is 5.97 Å². The number of halogens is 3. The normalized spacial score (nSPS) is 18.6. The Labute approximate surface area is 189 Å². The quantitative estimate of drug-likeness (QED) is 0.599. The van der Waals surface area contributed by atoms with Gasteiger partial charge in [-0.3, -0.25) is 4.31 Å². The van der Waals surface area contributed by atoms with Crippen LogP contribution in [0.2, 0.25) is 0 Å². The van der Waals surface area contributed by atoms with Crippen LogP contribution in [0.3, 0.4) is 0 Å². The maximum atomic E-state index is 14.7. The number of nitrogens with two attached hydrogens (primary N) is 1. The third-order valence-electron chi connectivity index (χ3n) is 4.46. The summed E-state index contributed by atoms with van der Waals surface area (Å²) < 4.78 is 66.4. The van der Waals surface area contributed by atoms with Crippen molar-refractivity contribution in [1.82, 2.24) is 14.3 Å². The van der Waals surface area contributed by atoms with E-state index in [9.17, 15) is 22.2 Å². The molecular weight excluding hydrogens is 463 g/mol. The van der Waals surface area contributed by atoms with Crippen molar-refractivity contribution in [2.45, 2.75) is 13.0 Å². The molecule has 1 aliphatic heterocycles. The monoisotopic (exact) mass is 483 g/mol. The van der Waals surface area contributed by atoms with Gasteiger partial charge in [-0.05, 0) is 30.7 Å². The number of rotatable bonds is 7. The molecule has 33 heavy (non-hydrogen) atoms. The van der Waals surface area contributed by atoms with Crippen molar-refractivity contribution in [2.75, 3.05) is 26.0 Å². The predicted octanol–water partition coefficient (Wildman–Crippen LogP) is 2.13. The first-order chi connectivity index (χ1) is 15.7. The van der Waals surface area contributed by atoms with Crippen molar-refractivity contribution in [3.05, 3.63) is 53.0 Å². The minimum atomic E-state index is -1.58. The second kappa shape index (κ2) is 10.4. The lowest BCUT2D eigenvalue weighted by molar-refractivity contribution is -0.145. The minimum absolute atomic E-state index is 0.00989. The summed E-state index contributed by atoms with van der Waals surface area (Å²) >= 11 is 0. The Bertz CT molecular complexity index is 1130. The molecular formula is C20H20F3N5O4S. The van der Waals surface area contributed by atoms with Gasteiger partial charge < -0.3 is 15.2 Å². The lowest BCUT2D eigenvalue weighted by Crippen LogP contribution is -2.41. The highest BCUT2D eigenvalue weighted by Crippen LogP contribution is 2.29. The first kappa shape index (κ1) is 24.2. The van der Waals surface area contributed by atoms with Crippen LogP contribution in [-0.4, -0.2) is 56.4 Å². The van der Waals surface area contributed by atoms with E-state index in [0.717, 1.165) is 24.5 Å². The van der Waals surface area contributed by atoms with Crippen LogP contribution in [0.1, 0.15) is 29.8 Å². The van der Waals surface area contributed by atoms with Gasteiger partial charge in [-0.1, -0.05) is 0 Å². The number of carbonyl (C=O) groups is 1. The van der Waals surface area contributed by atoms with Crippen molar-refractivity contribution in [3.63, 3.8) is 0 Å². The van der Waals surface area contributed by atoms with E-state index in [1.165, 1.54) is 17.4 Å². The Morgan fingerprint density at radius 1 is 1.33 bits per heavy atom. The van der Waals surface area contributed by atoms with Crippen molar-refractivity contribution < 1.29 is 31.6 Å². The van der Waals surface area contributed by atoms with Crippen LogP contribution >= 0.6 is 0 Å². The molecule has 0 aliphatic carbocycles. The first-order valence-corrected chi connectivity index (χ1v) is 10.9. The number of hydrogen-bond donors (Lipinski definition) is 1. The molecule has 1 aromatic carbocycles. The molecule has 1 aliphatic rings. The second-order valence-electron chi connectivity index (χ2n) is 6.72. The predicted molar refractivity (Wildman–Crippen MR) is 115 cm³/mol. The highest BCUT2D eigenvalue weighted by atomic mass is 32.2. The zero-order chi connectivity index (χ0) is 24.1. The number of hydrogen-bond acceptors (Lipinski definition) is 8. The van der Waals surface area contributed by atoms with Gasteiger partial charge in [0.05, 0.1) is 30.8 Å². The Morgan fingerprint density at radius 2 is 2.09 bits per heavy atom. The third kappa shape index (κ3) is 5.86. The second-order valence-corrected chi connectivity index (χ2v) is 8.24. The van der Waals surface area contributed by atoms with E-state index >= 15 is 0 Å². The lowest BCUT2D eigenvalue weighted by atomic mass is 10.0. The van der Waals surface area contributed by atoms with Gasteiger partial charge in [-0.15, -0.1) is 0 Å². The highest BCUT2D eigenvalue weighted by molar-refractivity contribution is 7.83. The number of ether oxygens (including phenoxy) is 2. The Balaban J connectivity index is 1.82. The summed E-state index contributed by atoms with van der Waals surface area (Å²) in [7, 11) is -0.113. The van der Waals surface area contributed by atoms with Gasteiger partial charge in [-0.2, -0.15) is 0 Å². The number of esters is 1. The molecule has 0 saturated carbocycles. The van der Waals surface area contributed by atoms with Crippen LogP contribution in [-0.2, 0) is 20.5 Å². The molecule has 2 atom stereocenters. The molecule has 1 aromatic heterocycles. The summed E-state index contributed by atoms with van der Waals surface area (Å²) in [4.78, 5) is 23.0. The standard InChI is InChI=1S/C20H20F3N5O4S/c1-3-31-18(29)9-32-17-8-25-15(7-26-17)13(21)5-11-4-12(19(23)14(22)6-11)16-10-33(30)28(2)20(24)27-16/h4-8,16H,3,9-10H2,1-2H3,(H2,24,27)/b13-5-. The maximum absolute atomic E-state index is 14.7. The number of aromatic nitrogens is 2. The smallest absolute Gasteiger partial charge is 0.344 e. The highest BCUT2D eigenvalue weighted by Gasteiger charge is 2.28. The molecule has 0 radical (unpaired) electrons. The Hall–Kier alpha value is -3.48. The van der Waals surface area contributed by atoms with Crippen LogP contribution in [0, 0.1) is 11.6 Å². The van der Waals surface area contributed by atoms with Gasteiger partial charge in [0.2, 0.25) is 11.8 Å². The molecule has 0 amide bonds. The summed E-state index contributed by atoms with van der Waals surface area (Å²) in [5.41, 5.74) is 5.28. The maximum Gasteiger partial charge on any atom is 0.344 e. The molecule has 3 rings (SSSR count). The summed E-state index contributed by atoms with van der Waals surface area (Å²) in [5, 5.41) is 0. The van der Waals surface area contributed by atoms with E-state index in [1.807, 2.05) is 0 Å². The van der Waals surface area contributed by atoms with Crippen molar-refractivity contribution in [3.8, 4) is 5.88 Å². The molecule has 0 fully saturated rings. The average Bonchev–Trinajstić information content (AvgIpc) is 2.78. The van der Waals surface area contributed by atoms with Gasteiger partial charge in [0.15, 0.2) is 24.1 Å². The molecule has 2 unspecified atom stereocenters. The zero-order valence-corrected chi connectivity index (χ0v) is 18.4. The summed E-state index contributed by atoms with van der Waals surface area (Å²) in [6, 6.07) is 1.01. The van der Waals surface area contributed by atoms with Crippen LogP contribution in [0.15, 0.2) is 29.5 Å². The summed E-state index contributed by atoms with van der Waals surface area (Å²) in [5.74, 6) is -4.11. The van der Waals surface area contributed by atoms with Crippen molar-refractivity contribution >= 4 is 34.8 Å². The van der Waals surface area contributed by atoms with E-state index in [1.54, 1.807) is 6.92 Å². The Morgan fingerprint density at radius 3 is 2.73 bits per heavy atom. The fraction of sp³-hybridized carbons (Fsp3) is 0.300. The van der Waals surface area contributed by atoms with Gasteiger partial charge in [0, 0.05) is 12.6 Å². The molecule has 176 valence electrons. The molecule has 0 bridgehead atoms. The average molecular weight is 483 g/mol. The summed E-state index contributed by atoms with van der Waals surface area (Å²) in [6.07, 6.45) is 3.09. The van der Waals surface area contributed by atoms with E-state index in [0.29, 0.717) is 0 Å². The van der Waals surface area contributed by atoms with E-state index in [4.69, 9.17) is 15.2 Å². The number of aliphatic imine (C=N–C) groups is 1. The third-order valence-corrected chi connectivity index (χ3v) is 5.86. The number of carbonyl (C=O) groups excluding carboxylic acids is 1.